The predicted octanol–water partition coefficient (Wildman–Crippen LogP) is -0.404. The molecule has 1 atom stereocenters. The van der Waals surface area contributed by atoms with Crippen molar-refractivity contribution in [3.8, 4) is 12.3 Å². The van der Waals surface area contributed by atoms with Gasteiger partial charge in [0, 0.05) is 0 Å². The molecule has 0 aliphatic heterocycles. The molecule has 0 aromatic carbocycles. The SMILES string of the molecule is C#CCS(=O)(=O)C(C)C(=O)OC. The van der Waals surface area contributed by atoms with Gasteiger partial charge in [0.25, 0.3) is 0 Å². The van der Waals surface area contributed by atoms with Gasteiger partial charge >= 0.3 is 5.97 Å². The Kier molecular flexibility index (Phi) is 3.77. The molecule has 0 saturated heterocycles. The van der Waals surface area contributed by atoms with Crippen molar-refractivity contribution in [3.63, 3.8) is 0 Å². The third-order valence-electron chi connectivity index (χ3n) is 1.36. The Morgan fingerprint density at radius 2 is 2.17 bits per heavy atom. The zero-order chi connectivity index (χ0) is 9.78. The standard InChI is InChI=1S/C7H10O4S/c1-4-5-12(9,10)6(2)7(8)11-3/h1,6H,5H2,2-3H3. The molecule has 0 fully saturated rings. The van der Waals surface area contributed by atoms with Gasteiger partial charge in [-0.1, -0.05) is 5.92 Å². The highest BCUT2D eigenvalue weighted by atomic mass is 32.2. The first-order valence-electron chi connectivity index (χ1n) is 3.18. The van der Waals surface area contributed by atoms with Crippen LogP contribution < -0.4 is 0 Å². The molecular formula is C7H10O4S. The molecular weight excluding hydrogens is 180 g/mol. The van der Waals surface area contributed by atoms with Crippen LogP contribution in [-0.2, 0) is 19.4 Å². The minimum atomic E-state index is -3.53. The molecule has 0 bridgehead atoms. The van der Waals surface area contributed by atoms with Crippen LogP contribution in [0.1, 0.15) is 6.92 Å². The zero-order valence-corrected chi connectivity index (χ0v) is 7.72. The van der Waals surface area contributed by atoms with Crippen LogP contribution in [0.2, 0.25) is 0 Å². The smallest absolute Gasteiger partial charge is 0.323 e. The number of sulfone groups is 1. The second-order valence-corrected chi connectivity index (χ2v) is 4.50. The normalized spacial score (nSPS) is 13.1. The molecule has 0 aliphatic carbocycles. The molecule has 0 N–H and O–H groups in total. The largest absolute Gasteiger partial charge is 0.468 e. The number of carbonyl (C=O) groups excluding carboxylic acids is 1. The van der Waals surface area contributed by atoms with Crippen molar-refractivity contribution in [2.75, 3.05) is 12.9 Å². The zero-order valence-electron chi connectivity index (χ0n) is 6.90. The first-order chi connectivity index (χ1) is 5.45. The van der Waals surface area contributed by atoms with E-state index in [1.807, 2.05) is 5.92 Å². The highest BCUT2D eigenvalue weighted by molar-refractivity contribution is 7.92. The fraction of sp³-hybridized carbons (Fsp3) is 0.571. The van der Waals surface area contributed by atoms with Gasteiger partial charge in [-0.05, 0) is 6.92 Å². The van der Waals surface area contributed by atoms with E-state index in [4.69, 9.17) is 6.42 Å². The number of esters is 1. The van der Waals surface area contributed by atoms with E-state index in [9.17, 15) is 13.2 Å². The molecule has 12 heavy (non-hydrogen) atoms. The highest BCUT2D eigenvalue weighted by Gasteiger charge is 2.27. The summed E-state index contributed by atoms with van der Waals surface area (Å²) in [5, 5.41) is -1.18. The van der Waals surface area contributed by atoms with Crippen LogP contribution in [-0.4, -0.2) is 32.5 Å². The summed E-state index contributed by atoms with van der Waals surface area (Å²) in [6.45, 7) is 1.25. The summed E-state index contributed by atoms with van der Waals surface area (Å²) >= 11 is 0. The summed E-state index contributed by atoms with van der Waals surface area (Å²) in [7, 11) is -2.40. The summed E-state index contributed by atoms with van der Waals surface area (Å²) in [5.41, 5.74) is 0. The van der Waals surface area contributed by atoms with Gasteiger partial charge in [-0.2, -0.15) is 0 Å². The molecule has 0 aliphatic rings. The van der Waals surface area contributed by atoms with E-state index in [-0.39, 0.29) is 0 Å². The molecule has 0 amide bonds. The maximum Gasteiger partial charge on any atom is 0.323 e. The molecule has 5 heteroatoms. The lowest BCUT2D eigenvalue weighted by Gasteiger charge is -2.07. The number of terminal acetylenes is 1. The Hall–Kier alpha value is -1.02. The van der Waals surface area contributed by atoms with Crippen molar-refractivity contribution >= 4 is 15.8 Å². The van der Waals surface area contributed by atoms with E-state index in [0.29, 0.717) is 0 Å². The number of rotatable bonds is 3. The molecule has 0 saturated carbocycles. The van der Waals surface area contributed by atoms with Gasteiger partial charge in [-0.3, -0.25) is 4.79 Å². The Morgan fingerprint density at radius 3 is 2.50 bits per heavy atom. The fourth-order valence-corrected chi connectivity index (χ4v) is 1.43. The number of methoxy groups -OCH3 is 1. The Morgan fingerprint density at radius 1 is 1.67 bits per heavy atom. The number of hydrogen-bond donors (Lipinski definition) is 0. The quantitative estimate of drug-likeness (QED) is 0.448. The molecule has 0 aromatic rings. The summed E-state index contributed by atoms with van der Waals surface area (Å²) in [4.78, 5) is 10.8. The lowest BCUT2D eigenvalue weighted by Crippen LogP contribution is -2.29. The second-order valence-electron chi connectivity index (χ2n) is 2.18. The molecule has 1 unspecified atom stereocenters. The van der Waals surface area contributed by atoms with Crippen LogP contribution in [0.3, 0.4) is 0 Å². The number of hydrogen-bond acceptors (Lipinski definition) is 4. The van der Waals surface area contributed by atoms with Crippen LogP contribution in [0.5, 0.6) is 0 Å². The molecule has 0 rings (SSSR count). The van der Waals surface area contributed by atoms with E-state index in [0.717, 1.165) is 7.11 Å². The van der Waals surface area contributed by atoms with Gasteiger partial charge in [0.05, 0.1) is 7.11 Å². The number of ether oxygens (including phenoxy) is 1. The van der Waals surface area contributed by atoms with Crippen molar-refractivity contribution < 1.29 is 17.9 Å². The first kappa shape index (κ1) is 11.0. The topological polar surface area (TPSA) is 60.4 Å². The van der Waals surface area contributed by atoms with E-state index in [2.05, 4.69) is 4.74 Å². The second kappa shape index (κ2) is 4.12. The van der Waals surface area contributed by atoms with Crippen LogP contribution in [0.25, 0.3) is 0 Å². The van der Waals surface area contributed by atoms with Crippen LogP contribution in [0.4, 0.5) is 0 Å². The Bertz CT molecular complexity index is 296. The lowest BCUT2D eigenvalue weighted by molar-refractivity contribution is -0.139. The van der Waals surface area contributed by atoms with E-state index < -0.39 is 26.8 Å². The van der Waals surface area contributed by atoms with Gasteiger partial charge in [-0.25, -0.2) is 8.42 Å². The van der Waals surface area contributed by atoms with E-state index in [1.54, 1.807) is 0 Å². The van der Waals surface area contributed by atoms with E-state index in [1.165, 1.54) is 6.92 Å². The van der Waals surface area contributed by atoms with Crippen LogP contribution >= 0.6 is 0 Å². The molecule has 4 nitrogen and oxygen atoms in total. The third kappa shape index (κ3) is 2.55. The van der Waals surface area contributed by atoms with Crippen molar-refractivity contribution in [2.45, 2.75) is 12.2 Å². The third-order valence-corrected chi connectivity index (χ3v) is 3.20. The maximum absolute atomic E-state index is 11.1. The molecule has 0 spiro atoms. The number of carbonyl (C=O) groups is 1. The predicted molar refractivity (Wildman–Crippen MR) is 44.1 cm³/mol. The van der Waals surface area contributed by atoms with Crippen molar-refractivity contribution in [1.29, 1.82) is 0 Å². The molecule has 68 valence electrons. The van der Waals surface area contributed by atoms with Gasteiger partial charge in [0.1, 0.15) is 5.75 Å². The summed E-state index contributed by atoms with van der Waals surface area (Å²) in [6.07, 6.45) is 4.81. The minimum Gasteiger partial charge on any atom is -0.468 e. The first-order valence-corrected chi connectivity index (χ1v) is 4.90. The van der Waals surface area contributed by atoms with E-state index >= 15 is 0 Å². The average Bonchev–Trinajstić information content (AvgIpc) is 2.01. The molecule has 0 aromatic heterocycles. The lowest BCUT2D eigenvalue weighted by atomic mass is 10.5. The van der Waals surface area contributed by atoms with Gasteiger partial charge in [0.2, 0.25) is 0 Å². The monoisotopic (exact) mass is 190 g/mol. The molecule has 0 radical (unpaired) electrons. The maximum atomic E-state index is 11.1. The minimum absolute atomic E-state index is 0.441. The van der Waals surface area contributed by atoms with Gasteiger partial charge < -0.3 is 4.74 Å². The Labute approximate surface area is 71.8 Å². The summed E-state index contributed by atoms with van der Waals surface area (Å²) in [6, 6.07) is 0. The fourth-order valence-electron chi connectivity index (χ4n) is 0.554. The Balaban J connectivity index is 4.60. The van der Waals surface area contributed by atoms with Crippen LogP contribution in [0, 0.1) is 12.3 Å². The van der Waals surface area contributed by atoms with Gasteiger partial charge in [-0.15, -0.1) is 6.42 Å². The average molecular weight is 190 g/mol. The van der Waals surface area contributed by atoms with Crippen molar-refractivity contribution in [2.24, 2.45) is 0 Å². The highest BCUT2D eigenvalue weighted by Crippen LogP contribution is 2.02. The summed E-state index contributed by atoms with van der Waals surface area (Å²) < 4.78 is 26.4. The molecule has 0 heterocycles. The van der Waals surface area contributed by atoms with Crippen molar-refractivity contribution in [1.82, 2.24) is 0 Å². The summed E-state index contributed by atoms with van der Waals surface area (Å²) in [5.74, 6) is 0.744. The van der Waals surface area contributed by atoms with Gasteiger partial charge in [0.15, 0.2) is 15.1 Å². The van der Waals surface area contributed by atoms with Crippen molar-refractivity contribution in [3.05, 3.63) is 0 Å². The van der Waals surface area contributed by atoms with Crippen LogP contribution in [0.15, 0.2) is 0 Å².